The summed E-state index contributed by atoms with van der Waals surface area (Å²) < 4.78 is 15.7. The number of hydrogen-bond acceptors (Lipinski definition) is 9. The number of hydrogen-bond donors (Lipinski definition) is 1. The largest absolute Gasteiger partial charge is 0.492 e. The molecule has 0 aliphatic rings. The van der Waals surface area contributed by atoms with Crippen LogP contribution in [0.25, 0.3) is 11.3 Å². The van der Waals surface area contributed by atoms with Crippen LogP contribution in [0.15, 0.2) is 52.0 Å². The average molecular weight is 509 g/mol. The first-order chi connectivity index (χ1) is 16.2. The van der Waals surface area contributed by atoms with Crippen LogP contribution < -0.4 is 14.9 Å². The van der Waals surface area contributed by atoms with Gasteiger partial charge in [-0.3, -0.25) is 25.0 Å². The van der Waals surface area contributed by atoms with Gasteiger partial charge in [0.2, 0.25) is 5.75 Å². The van der Waals surface area contributed by atoms with Crippen molar-refractivity contribution in [1.82, 2.24) is 5.43 Å². The molecule has 3 rings (SSSR count). The highest BCUT2D eigenvalue weighted by atomic mass is 35.5. The summed E-state index contributed by atoms with van der Waals surface area (Å²) in [5, 5.41) is 26.7. The summed E-state index contributed by atoms with van der Waals surface area (Å²) in [6.45, 7) is -0.682. The first-order valence-electron chi connectivity index (χ1n) is 9.20. The first kappa shape index (κ1) is 24.5. The van der Waals surface area contributed by atoms with Gasteiger partial charge < -0.3 is 13.9 Å². The van der Waals surface area contributed by atoms with E-state index in [0.29, 0.717) is 33.2 Å². The summed E-state index contributed by atoms with van der Waals surface area (Å²) >= 11 is 11.9. The third-order valence-electron chi connectivity index (χ3n) is 4.21. The number of nitrogens with zero attached hydrogens (tertiary/aromatic N) is 3. The lowest BCUT2D eigenvalue weighted by atomic mass is 10.2. The van der Waals surface area contributed by atoms with Gasteiger partial charge in [-0.15, -0.1) is 0 Å². The molecular formula is C20H14Cl2N4O8. The van der Waals surface area contributed by atoms with Gasteiger partial charge in [-0.1, -0.05) is 23.2 Å². The highest BCUT2D eigenvalue weighted by Crippen LogP contribution is 2.40. The lowest BCUT2D eigenvalue weighted by Crippen LogP contribution is -2.25. The fourth-order valence-corrected chi connectivity index (χ4v) is 2.97. The van der Waals surface area contributed by atoms with Crippen molar-refractivity contribution in [3.63, 3.8) is 0 Å². The number of halogens is 2. The van der Waals surface area contributed by atoms with E-state index in [4.69, 9.17) is 37.1 Å². The molecule has 0 fully saturated rings. The molecule has 0 aliphatic carbocycles. The van der Waals surface area contributed by atoms with Crippen molar-refractivity contribution in [2.24, 2.45) is 5.10 Å². The zero-order chi connectivity index (χ0) is 24.8. The number of carbonyl (C=O) groups excluding carboxylic acids is 1. The van der Waals surface area contributed by atoms with Crippen molar-refractivity contribution in [2.75, 3.05) is 13.7 Å². The fourth-order valence-electron chi connectivity index (χ4n) is 2.68. The van der Waals surface area contributed by atoms with Crippen LogP contribution in [0, 0.1) is 20.2 Å². The fraction of sp³-hybridized carbons (Fsp3) is 0.100. The molecule has 14 heteroatoms. The first-order valence-corrected chi connectivity index (χ1v) is 9.96. The van der Waals surface area contributed by atoms with E-state index < -0.39 is 39.5 Å². The molecular weight excluding hydrogens is 495 g/mol. The molecule has 1 heterocycles. The summed E-state index contributed by atoms with van der Waals surface area (Å²) in [4.78, 5) is 32.6. The number of ether oxygens (including phenoxy) is 2. The molecule has 0 bridgehead atoms. The second-order valence-electron chi connectivity index (χ2n) is 6.42. The quantitative estimate of drug-likeness (QED) is 0.249. The molecule has 3 aromatic rings. The van der Waals surface area contributed by atoms with Crippen LogP contribution in [-0.4, -0.2) is 35.7 Å². The predicted octanol–water partition coefficient (Wildman–Crippen LogP) is 4.61. The summed E-state index contributed by atoms with van der Waals surface area (Å²) in [5.41, 5.74) is 1.56. The maximum Gasteiger partial charge on any atom is 0.321 e. The Hall–Kier alpha value is -4.16. The van der Waals surface area contributed by atoms with E-state index >= 15 is 0 Å². The van der Waals surface area contributed by atoms with Crippen LogP contribution in [-0.2, 0) is 4.79 Å². The third kappa shape index (κ3) is 5.79. The second-order valence-corrected chi connectivity index (χ2v) is 7.24. The van der Waals surface area contributed by atoms with Gasteiger partial charge in [0.25, 0.3) is 11.6 Å². The van der Waals surface area contributed by atoms with Crippen molar-refractivity contribution < 1.29 is 28.5 Å². The summed E-state index contributed by atoms with van der Waals surface area (Å²) in [6, 6.07) is 9.91. The molecule has 12 nitrogen and oxygen atoms in total. The van der Waals surface area contributed by atoms with Gasteiger partial charge in [-0.05, 0) is 30.3 Å². The molecule has 176 valence electrons. The third-order valence-corrected chi connectivity index (χ3v) is 4.95. The smallest absolute Gasteiger partial charge is 0.321 e. The van der Waals surface area contributed by atoms with Crippen LogP contribution in [0.2, 0.25) is 10.0 Å². The van der Waals surface area contributed by atoms with E-state index in [1.807, 2.05) is 0 Å². The lowest BCUT2D eigenvalue weighted by molar-refractivity contribution is -0.394. The summed E-state index contributed by atoms with van der Waals surface area (Å²) in [5.74, 6) is -0.665. The number of furan rings is 1. The molecule has 1 N–H and O–H groups in total. The van der Waals surface area contributed by atoms with Crippen molar-refractivity contribution in [1.29, 1.82) is 0 Å². The molecule has 0 saturated carbocycles. The van der Waals surface area contributed by atoms with Gasteiger partial charge in [0.05, 0.1) is 45.3 Å². The molecule has 0 atom stereocenters. The standard InChI is InChI=1S/C20H14Cl2N4O8/c1-32-18-8-12(25(28)29)7-16(26(30)31)20(18)33-10-19(27)24-23-9-13-3-5-17(34-13)11-2-4-14(21)15(22)6-11/h2-9H,10H2,1H3,(H,24,27). The van der Waals surface area contributed by atoms with Crippen LogP contribution >= 0.6 is 23.2 Å². The molecule has 0 saturated heterocycles. The van der Waals surface area contributed by atoms with Gasteiger partial charge in [-0.25, -0.2) is 5.43 Å². The van der Waals surface area contributed by atoms with E-state index in [1.165, 1.54) is 6.21 Å². The van der Waals surface area contributed by atoms with Gasteiger partial charge in [0.15, 0.2) is 12.4 Å². The van der Waals surface area contributed by atoms with Crippen LogP contribution in [0.4, 0.5) is 11.4 Å². The Morgan fingerprint density at radius 3 is 2.53 bits per heavy atom. The van der Waals surface area contributed by atoms with Gasteiger partial charge in [-0.2, -0.15) is 5.10 Å². The number of amides is 1. The number of nitrogens with one attached hydrogen (secondary N) is 1. The van der Waals surface area contributed by atoms with Crippen LogP contribution in [0.1, 0.15) is 5.76 Å². The Labute approximate surface area is 201 Å². The highest BCUT2D eigenvalue weighted by molar-refractivity contribution is 6.42. The number of non-ortho nitro benzene ring substituents is 1. The van der Waals surface area contributed by atoms with Crippen molar-refractivity contribution in [3.05, 3.63) is 78.5 Å². The minimum absolute atomic E-state index is 0.275. The number of rotatable bonds is 9. The molecule has 1 amide bonds. The lowest BCUT2D eigenvalue weighted by Gasteiger charge is -2.10. The Morgan fingerprint density at radius 1 is 1.12 bits per heavy atom. The molecule has 0 radical (unpaired) electrons. The van der Waals surface area contributed by atoms with Gasteiger partial charge in [0, 0.05) is 5.56 Å². The van der Waals surface area contributed by atoms with Crippen molar-refractivity contribution >= 4 is 46.7 Å². The Kier molecular flexibility index (Phi) is 7.66. The molecule has 2 aromatic carbocycles. The summed E-state index contributed by atoms with van der Waals surface area (Å²) in [6.07, 6.45) is 1.23. The normalized spacial score (nSPS) is 10.8. The molecule has 0 spiro atoms. The minimum Gasteiger partial charge on any atom is -0.492 e. The van der Waals surface area contributed by atoms with Gasteiger partial charge >= 0.3 is 5.69 Å². The van der Waals surface area contributed by atoms with Gasteiger partial charge in [0.1, 0.15) is 11.5 Å². The van der Waals surface area contributed by atoms with Crippen LogP contribution in [0.3, 0.4) is 0 Å². The SMILES string of the molecule is COc1cc([N+](=O)[O-])cc([N+](=O)[O-])c1OCC(=O)NN=Cc1ccc(-c2ccc(Cl)c(Cl)c2)o1. The molecule has 0 unspecified atom stereocenters. The highest BCUT2D eigenvalue weighted by Gasteiger charge is 2.27. The zero-order valence-corrected chi connectivity index (χ0v) is 18.7. The number of nitro benzene ring substituents is 2. The predicted molar refractivity (Wildman–Crippen MR) is 122 cm³/mol. The number of carbonyl (C=O) groups is 1. The average Bonchev–Trinajstić information content (AvgIpc) is 3.27. The number of methoxy groups -OCH3 is 1. The minimum atomic E-state index is -0.886. The van der Waals surface area contributed by atoms with E-state index in [2.05, 4.69) is 10.5 Å². The number of hydrazone groups is 1. The second kappa shape index (κ2) is 10.6. The van der Waals surface area contributed by atoms with Crippen LogP contribution in [0.5, 0.6) is 11.5 Å². The van der Waals surface area contributed by atoms with E-state index in [9.17, 15) is 25.0 Å². The van der Waals surface area contributed by atoms with E-state index in [-0.39, 0.29) is 5.75 Å². The van der Waals surface area contributed by atoms with E-state index in [1.54, 1.807) is 30.3 Å². The molecule has 34 heavy (non-hydrogen) atoms. The number of nitro groups is 2. The van der Waals surface area contributed by atoms with Crippen molar-refractivity contribution in [3.8, 4) is 22.8 Å². The molecule has 1 aromatic heterocycles. The topological polar surface area (TPSA) is 159 Å². The Morgan fingerprint density at radius 2 is 1.88 bits per heavy atom. The summed E-state index contributed by atoms with van der Waals surface area (Å²) in [7, 11) is 1.15. The monoisotopic (exact) mass is 508 g/mol. The van der Waals surface area contributed by atoms with Crippen molar-refractivity contribution in [2.45, 2.75) is 0 Å². The Balaban J connectivity index is 1.64. The number of benzene rings is 2. The molecule has 0 aliphatic heterocycles. The zero-order valence-electron chi connectivity index (χ0n) is 17.2. The maximum absolute atomic E-state index is 12.0. The maximum atomic E-state index is 12.0. The Bertz CT molecular complexity index is 1290. The van der Waals surface area contributed by atoms with E-state index in [0.717, 1.165) is 13.2 Å².